The number of carbonyl (C=O) groups excluding carboxylic acids is 1. The Morgan fingerprint density at radius 1 is 1.39 bits per heavy atom. The third kappa shape index (κ3) is 2.72. The summed E-state index contributed by atoms with van der Waals surface area (Å²) in [6.07, 6.45) is 0. The van der Waals surface area contributed by atoms with Gasteiger partial charge in [-0.1, -0.05) is 0 Å². The van der Waals surface area contributed by atoms with Crippen molar-refractivity contribution in [1.82, 2.24) is 9.97 Å². The fraction of sp³-hybridized carbons (Fsp3) is 0.250. The topological polar surface area (TPSA) is 87.3 Å². The molecule has 0 aromatic carbocycles. The van der Waals surface area contributed by atoms with Gasteiger partial charge in [-0.2, -0.15) is 0 Å². The normalized spacial score (nSPS) is 10.5. The fourth-order valence-corrected chi connectivity index (χ4v) is 1.37. The Bertz CT molecular complexity index is 571. The van der Waals surface area contributed by atoms with E-state index < -0.39 is 5.91 Å². The lowest BCUT2D eigenvalue weighted by Crippen LogP contribution is -2.13. The van der Waals surface area contributed by atoms with Gasteiger partial charge in [-0.05, 0) is 12.1 Å². The molecule has 0 fully saturated rings. The number of aromatic nitrogens is 2. The Hall–Kier alpha value is -2.21. The highest BCUT2D eigenvalue weighted by molar-refractivity contribution is 5.92. The summed E-state index contributed by atoms with van der Waals surface area (Å²) in [5, 5.41) is 0. The molecule has 2 rings (SSSR count). The summed E-state index contributed by atoms with van der Waals surface area (Å²) < 4.78 is 10.2. The molecular weight excluding hydrogens is 234 g/mol. The van der Waals surface area contributed by atoms with Gasteiger partial charge in [0.1, 0.15) is 17.8 Å². The van der Waals surface area contributed by atoms with E-state index in [-0.39, 0.29) is 5.69 Å². The van der Waals surface area contributed by atoms with Crippen molar-refractivity contribution in [2.45, 2.75) is 0 Å². The van der Waals surface area contributed by atoms with E-state index in [4.69, 9.17) is 15.2 Å². The lowest BCUT2D eigenvalue weighted by molar-refractivity contribution is 0.0996. The zero-order valence-corrected chi connectivity index (χ0v) is 9.84. The first-order valence-electron chi connectivity index (χ1n) is 5.31. The Kier molecular flexibility index (Phi) is 3.69. The van der Waals surface area contributed by atoms with Crippen molar-refractivity contribution >= 4 is 16.9 Å². The fourth-order valence-electron chi connectivity index (χ4n) is 1.37. The van der Waals surface area contributed by atoms with Crippen LogP contribution in [0, 0.1) is 6.07 Å². The molecule has 1 amide bonds. The van der Waals surface area contributed by atoms with E-state index in [0.29, 0.717) is 30.1 Å². The number of primary amides is 1. The molecule has 0 saturated carbocycles. The van der Waals surface area contributed by atoms with E-state index in [1.165, 1.54) is 6.07 Å². The molecule has 2 aromatic heterocycles. The van der Waals surface area contributed by atoms with Gasteiger partial charge < -0.3 is 15.2 Å². The van der Waals surface area contributed by atoms with Crippen LogP contribution in [0.25, 0.3) is 11.0 Å². The molecule has 0 aliphatic carbocycles. The predicted molar refractivity (Wildman–Crippen MR) is 64.3 cm³/mol. The Morgan fingerprint density at radius 2 is 2.22 bits per heavy atom. The summed E-state index contributed by atoms with van der Waals surface area (Å²) in [5.74, 6) is -0.127. The number of methoxy groups -OCH3 is 1. The second-order valence-electron chi connectivity index (χ2n) is 3.51. The van der Waals surface area contributed by atoms with E-state index in [1.807, 2.05) is 0 Å². The van der Waals surface area contributed by atoms with E-state index in [0.717, 1.165) is 0 Å². The summed E-state index contributed by atoms with van der Waals surface area (Å²) in [7, 11) is 1.60. The molecule has 0 saturated heterocycles. The number of hydrogen-bond acceptors (Lipinski definition) is 5. The number of nitrogens with two attached hydrogens (primary N) is 1. The van der Waals surface area contributed by atoms with Crippen LogP contribution in [-0.4, -0.2) is 36.2 Å². The van der Waals surface area contributed by atoms with Crippen molar-refractivity contribution in [3.63, 3.8) is 0 Å². The average Bonchev–Trinajstić information content (AvgIpc) is 2.38. The zero-order chi connectivity index (χ0) is 13.0. The third-order valence-corrected chi connectivity index (χ3v) is 2.22. The van der Waals surface area contributed by atoms with Crippen LogP contribution in [-0.2, 0) is 4.74 Å². The minimum Gasteiger partial charge on any atom is -0.475 e. The summed E-state index contributed by atoms with van der Waals surface area (Å²) in [4.78, 5) is 19.2. The van der Waals surface area contributed by atoms with Crippen molar-refractivity contribution in [3.8, 4) is 5.88 Å². The number of nitrogens with zero attached hydrogens (tertiary/aromatic N) is 2. The van der Waals surface area contributed by atoms with Gasteiger partial charge in [-0.3, -0.25) is 4.79 Å². The molecule has 2 N–H and O–H groups in total. The summed E-state index contributed by atoms with van der Waals surface area (Å²) in [6, 6.07) is 7.63. The third-order valence-electron chi connectivity index (χ3n) is 2.22. The predicted octanol–water partition coefficient (Wildman–Crippen LogP) is 0.554. The standard InChI is InChI=1S/C12H12N3O3/c1-17-6-7-18-11-5-4-8-9(15-11)2-3-10(14-8)12(13)16/h3-5H,6-7H2,1H3,(H2,13,16). The second kappa shape index (κ2) is 5.42. The first-order valence-corrected chi connectivity index (χ1v) is 5.31. The number of amides is 1. The molecule has 6 nitrogen and oxygen atoms in total. The van der Waals surface area contributed by atoms with Crippen LogP contribution >= 0.6 is 0 Å². The van der Waals surface area contributed by atoms with E-state index in [1.54, 1.807) is 19.2 Å². The minimum atomic E-state index is -0.589. The number of fused-ring (bicyclic) bond motifs is 1. The van der Waals surface area contributed by atoms with Crippen molar-refractivity contribution < 1.29 is 14.3 Å². The molecule has 0 atom stereocenters. The van der Waals surface area contributed by atoms with Crippen LogP contribution in [0.3, 0.4) is 0 Å². The molecule has 6 heteroatoms. The van der Waals surface area contributed by atoms with Crippen LogP contribution < -0.4 is 10.5 Å². The zero-order valence-electron chi connectivity index (χ0n) is 9.84. The SMILES string of the molecule is COCCOc1ccc2nc(C(N)=O)c[c]c2n1. The van der Waals surface area contributed by atoms with E-state index in [2.05, 4.69) is 16.0 Å². The monoisotopic (exact) mass is 246 g/mol. The van der Waals surface area contributed by atoms with Gasteiger partial charge in [0.15, 0.2) is 0 Å². The molecule has 2 aromatic rings. The molecule has 93 valence electrons. The number of rotatable bonds is 5. The molecule has 2 heterocycles. The first-order chi connectivity index (χ1) is 8.70. The summed E-state index contributed by atoms with van der Waals surface area (Å²) in [5.41, 5.74) is 6.37. The van der Waals surface area contributed by atoms with Gasteiger partial charge in [-0.25, -0.2) is 9.97 Å². The first kappa shape index (κ1) is 12.3. The van der Waals surface area contributed by atoms with Crippen LogP contribution in [0.1, 0.15) is 10.5 Å². The highest BCUT2D eigenvalue weighted by Crippen LogP contribution is 2.14. The Morgan fingerprint density at radius 3 is 2.94 bits per heavy atom. The number of carbonyl (C=O) groups is 1. The minimum absolute atomic E-state index is 0.164. The number of pyridine rings is 2. The molecule has 0 bridgehead atoms. The van der Waals surface area contributed by atoms with Crippen molar-refractivity contribution in [3.05, 3.63) is 30.0 Å². The van der Waals surface area contributed by atoms with Crippen LogP contribution in [0.2, 0.25) is 0 Å². The van der Waals surface area contributed by atoms with Gasteiger partial charge in [0.05, 0.1) is 12.1 Å². The smallest absolute Gasteiger partial charge is 0.267 e. The van der Waals surface area contributed by atoms with Crippen LogP contribution in [0.5, 0.6) is 5.88 Å². The van der Waals surface area contributed by atoms with Crippen molar-refractivity contribution in [2.24, 2.45) is 5.73 Å². The second-order valence-corrected chi connectivity index (χ2v) is 3.51. The Balaban J connectivity index is 2.24. The molecule has 0 spiro atoms. The molecule has 1 radical (unpaired) electrons. The molecule has 0 unspecified atom stereocenters. The van der Waals surface area contributed by atoms with Crippen LogP contribution in [0.15, 0.2) is 18.2 Å². The lowest BCUT2D eigenvalue weighted by atomic mass is 10.2. The molecular formula is C12H12N3O3. The van der Waals surface area contributed by atoms with Gasteiger partial charge >= 0.3 is 0 Å². The van der Waals surface area contributed by atoms with E-state index in [9.17, 15) is 4.79 Å². The maximum Gasteiger partial charge on any atom is 0.267 e. The number of hydrogen-bond donors (Lipinski definition) is 1. The maximum atomic E-state index is 11.0. The van der Waals surface area contributed by atoms with Gasteiger partial charge in [0.2, 0.25) is 5.88 Å². The highest BCUT2D eigenvalue weighted by Gasteiger charge is 2.05. The van der Waals surface area contributed by atoms with Gasteiger partial charge in [-0.15, -0.1) is 0 Å². The van der Waals surface area contributed by atoms with Crippen molar-refractivity contribution in [1.29, 1.82) is 0 Å². The van der Waals surface area contributed by atoms with Gasteiger partial charge in [0.25, 0.3) is 5.91 Å². The molecule has 18 heavy (non-hydrogen) atoms. The van der Waals surface area contributed by atoms with Crippen molar-refractivity contribution in [2.75, 3.05) is 20.3 Å². The largest absolute Gasteiger partial charge is 0.475 e. The maximum absolute atomic E-state index is 11.0. The van der Waals surface area contributed by atoms with Crippen LogP contribution in [0.4, 0.5) is 0 Å². The molecule has 0 aliphatic heterocycles. The lowest BCUT2D eigenvalue weighted by Gasteiger charge is -2.05. The average molecular weight is 246 g/mol. The van der Waals surface area contributed by atoms with Gasteiger partial charge in [0, 0.05) is 19.2 Å². The summed E-state index contributed by atoms with van der Waals surface area (Å²) >= 11 is 0. The van der Waals surface area contributed by atoms with E-state index >= 15 is 0 Å². The summed E-state index contributed by atoms with van der Waals surface area (Å²) in [6.45, 7) is 0.907. The quantitative estimate of drug-likeness (QED) is 0.778. The molecule has 0 aliphatic rings. The Labute approximate surface area is 104 Å². The highest BCUT2D eigenvalue weighted by atomic mass is 16.5. The number of ether oxygens (including phenoxy) is 2.